The highest BCUT2D eigenvalue weighted by Gasteiger charge is 2.09. The zero-order chi connectivity index (χ0) is 18.5. The van der Waals surface area contributed by atoms with Gasteiger partial charge < -0.3 is 14.4 Å². The van der Waals surface area contributed by atoms with E-state index in [4.69, 9.17) is 4.74 Å². The van der Waals surface area contributed by atoms with Gasteiger partial charge in [0.1, 0.15) is 0 Å². The monoisotopic (exact) mass is 370 g/mol. The fourth-order valence-electron chi connectivity index (χ4n) is 2.37. The molecule has 0 aliphatic carbocycles. The number of phenolic OH excluding ortho intramolecular Hbond substituents is 1. The smallest absolute Gasteiger partial charge is 0.250 e. The molecule has 0 aliphatic rings. The van der Waals surface area contributed by atoms with Gasteiger partial charge in [-0.05, 0) is 35.9 Å². The molecule has 0 fully saturated rings. The van der Waals surface area contributed by atoms with Gasteiger partial charge >= 0.3 is 0 Å². The third kappa shape index (κ3) is 3.97. The summed E-state index contributed by atoms with van der Waals surface area (Å²) in [6.45, 7) is 0. The summed E-state index contributed by atoms with van der Waals surface area (Å²) in [5.74, 6) is 0.363. The van der Waals surface area contributed by atoms with Crippen molar-refractivity contribution in [2.24, 2.45) is 12.1 Å². The van der Waals surface area contributed by atoms with Gasteiger partial charge in [0.15, 0.2) is 16.7 Å². The van der Waals surface area contributed by atoms with E-state index in [0.29, 0.717) is 11.3 Å². The number of nitrogens with zero attached hydrogens (tertiary/aromatic N) is 3. The van der Waals surface area contributed by atoms with Gasteiger partial charge in [-0.15, -0.1) is 0 Å². The Morgan fingerprint density at radius 1 is 1.38 bits per heavy atom. The lowest BCUT2D eigenvalue weighted by atomic mass is 10.2. The number of carbonyl (C=O) groups excluding carboxylic acids is 1. The summed E-state index contributed by atoms with van der Waals surface area (Å²) in [5, 5.41) is 14.2. The van der Waals surface area contributed by atoms with E-state index in [1.54, 1.807) is 12.1 Å². The maximum Gasteiger partial charge on any atom is 0.250 e. The van der Waals surface area contributed by atoms with Crippen molar-refractivity contribution in [2.75, 3.05) is 12.9 Å². The van der Waals surface area contributed by atoms with Crippen LogP contribution in [-0.2, 0) is 11.8 Å². The second-order valence-corrected chi connectivity index (χ2v) is 6.40. The number of hydrogen-bond acceptors (Lipinski definition) is 6. The predicted molar refractivity (Wildman–Crippen MR) is 102 cm³/mol. The average molecular weight is 370 g/mol. The quantitative estimate of drug-likeness (QED) is 0.395. The number of imidazole rings is 1. The molecule has 1 heterocycles. The Bertz CT molecular complexity index is 968. The van der Waals surface area contributed by atoms with Crippen LogP contribution in [0.25, 0.3) is 11.0 Å². The van der Waals surface area contributed by atoms with Gasteiger partial charge in [0.2, 0.25) is 0 Å². The molecule has 1 amide bonds. The predicted octanol–water partition coefficient (Wildman–Crippen LogP) is 2.53. The fourth-order valence-corrected chi connectivity index (χ4v) is 3.15. The van der Waals surface area contributed by atoms with Crippen LogP contribution >= 0.6 is 11.8 Å². The van der Waals surface area contributed by atoms with Crippen molar-refractivity contribution in [1.29, 1.82) is 0 Å². The van der Waals surface area contributed by atoms with E-state index >= 15 is 0 Å². The highest BCUT2D eigenvalue weighted by Crippen LogP contribution is 2.25. The summed E-state index contributed by atoms with van der Waals surface area (Å²) in [6, 6.07) is 12.6. The molecule has 2 N–H and O–H groups in total. The number of carbonyl (C=O) groups is 1. The van der Waals surface area contributed by atoms with Crippen LogP contribution in [0.5, 0.6) is 11.5 Å². The first kappa shape index (κ1) is 17.8. The average Bonchev–Trinajstić information content (AvgIpc) is 2.97. The van der Waals surface area contributed by atoms with Crippen LogP contribution in [0.1, 0.15) is 5.56 Å². The summed E-state index contributed by atoms with van der Waals surface area (Å²) in [5.41, 5.74) is 5.10. The summed E-state index contributed by atoms with van der Waals surface area (Å²) in [6.07, 6.45) is 1.49. The number of benzene rings is 2. The summed E-state index contributed by atoms with van der Waals surface area (Å²) in [4.78, 5) is 16.5. The first-order chi connectivity index (χ1) is 12.6. The van der Waals surface area contributed by atoms with E-state index in [1.807, 2.05) is 35.9 Å². The number of nitrogens with one attached hydrogen (secondary N) is 1. The molecule has 134 valence electrons. The minimum absolute atomic E-state index is 0.0486. The van der Waals surface area contributed by atoms with E-state index in [1.165, 1.54) is 31.2 Å². The first-order valence-electron chi connectivity index (χ1n) is 7.81. The molecule has 26 heavy (non-hydrogen) atoms. The van der Waals surface area contributed by atoms with Gasteiger partial charge in [-0.2, -0.15) is 5.10 Å². The number of ether oxygens (including phenoxy) is 1. The minimum Gasteiger partial charge on any atom is -0.504 e. The van der Waals surface area contributed by atoms with Gasteiger partial charge in [-0.3, -0.25) is 4.79 Å². The van der Waals surface area contributed by atoms with Gasteiger partial charge in [-0.25, -0.2) is 10.4 Å². The lowest BCUT2D eigenvalue weighted by Gasteiger charge is -2.03. The number of rotatable bonds is 6. The van der Waals surface area contributed by atoms with E-state index in [9.17, 15) is 9.90 Å². The summed E-state index contributed by atoms with van der Waals surface area (Å²) >= 11 is 1.35. The van der Waals surface area contributed by atoms with Crippen molar-refractivity contribution in [3.8, 4) is 11.5 Å². The third-order valence-corrected chi connectivity index (χ3v) is 4.71. The summed E-state index contributed by atoms with van der Waals surface area (Å²) < 4.78 is 6.98. The zero-order valence-electron chi connectivity index (χ0n) is 14.3. The fraction of sp³-hybridized carbons (Fsp3) is 0.167. The summed E-state index contributed by atoms with van der Waals surface area (Å²) in [7, 11) is 3.39. The molecular weight excluding hydrogens is 352 g/mol. The number of fused-ring (bicyclic) bond motifs is 1. The number of aromatic hydroxyl groups is 1. The first-order valence-corrected chi connectivity index (χ1v) is 8.80. The Morgan fingerprint density at radius 3 is 2.96 bits per heavy atom. The van der Waals surface area contributed by atoms with E-state index in [2.05, 4.69) is 15.5 Å². The van der Waals surface area contributed by atoms with Crippen LogP contribution in [0.4, 0.5) is 0 Å². The van der Waals surface area contributed by atoms with Crippen LogP contribution < -0.4 is 10.2 Å². The highest BCUT2D eigenvalue weighted by atomic mass is 32.2. The molecule has 0 bridgehead atoms. The Morgan fingerprint density at radius 2 is 2.19 bits per heavy atom. The van der Waals surface area contributed by atoms with Crippen molar-refractivity contribution >= 4 is 34.9 Å². The standard InChI is InChI=1S/C18H18N4O3S/c1-22-14-6-4-3-5-13(14)20-18(22)26-11-17(24)21-19-10-12-7-8-15(23)16(9-12)25-2/h3-10,23H,11H2,1-2H3,(H,21,24)/b19-10+. The van der Waals surface area contributed by atoms with E-state index in [-0.39, 0.29) is 17.4 Å². The molecule has 2 aromatic carbocycles. The van der Waals surface area contributed by atoms with Crippen LogP contribution in [0.3, 0.4) is 0 Å². The molecule has 0 spiro atoms. The number of aryl methyl sites for hydroxylation is 1. The topological polar surface area (TPSA) is 88.7 Å². The number of methoxy groups -OCH3 is 1. The van der Waals surface area contributed by atoms with Crippen LogP contribution in [0, 0.1) is 0 Å². The van der Waals surface area contributed by atoms with Crippen molar-refractivity contribution < 1.29 is 14.6 Å². The number of amides is 1. The Labute approximate surface area is 154 Å². The van der Waals surface area contributed by atoms with Gasteiger partial charge in [0, 0.05) is 7.05 Å². The molecule has 0 unspecified atom stereocenters. The number of hydrogen-bond donors (Lipinski definition) is 2. The number of hydrazone groups is 1. The normalized spacial score (nSPS) is 11.2. The lowest BCUT2D eigenvalue weighted by molar-refractivity contribution is -0.118. The SMILES string of the molecule is COc1cc(/C=N/NC(=O)CSc2nc3ccccc3n2C)ccc1O. The molecule has 8 heteroatoms. The highest BCUT2D eigenvalue weighted by molar-refractivity contribution is 7.99. The van der Waals surface area contributed by atoms with Crippen LogP contribution in [0.2, 0.25) is 0 Å². The molecule has 0 aliphatic heterocycles. The largest absolute Gasteiger partial charge is 0.504 e. The van der Waals surface area contributed by atoms with Crippen molar-refractivity contribution in [3.63, 3.8) is 0 Å². The molecule has 7 nitrogen and oxygen atoms in total. The number of thioether (sulfide) groups is 1. The van der Waals surface area contributed by atoms with Crippen LogP contribution in [-0.4, -0.2) is 39.6 Å². The van der Waals surface area contributed by atoms with Gasteiger partial charge in [-0.1, -0.05) is 23.9 Å². The second-order valence-electron chi connectivity index (χ2n) is 5.46. The van der Waals surface area contributed by atoms with Gasteiger partial charge in [0.25, 0.3) is 5.91 Å². The molecule has 0 atom stereocenters. The number of aromatic nitrogens is 2. The maximum atomic E-state index is 12.0. The number of para-hydroxylation sites is 2. The molecule has 0 saturated heterocycles. The van der Waals surface area contributed by atoms with Crippen LogP contribution in [0.15, 0.2) is 52.7 Å². The minimum atomic E-state index is -0.232. The van der Waals surface area contributed by atoms with Crippen molar-refractivity contribution in [3.05, 3.63) is 48.0 Å². The molecule has 0 radical (unpaired) electrons. The van der Waals surface area contributed by atoms with Crippen molar-refractivity contribution in [2.45, 2.75) is 5.16 Å². The zero-order valence-corrected chi connectivity index (χ0v) is 15.2. The third-order valence-electron chi connectivity index (χ3n) is 3.69. The molecular formula is C18H18N4O3S. The van der Waals surface area contributed by atoms with E-state index in [0.717, 1.165) is 16.2 Å². The van der Waals surface area contributed by atoms with Gasteiger partial charge in [0.05, 0.1) is 30.1 Å². The lowest BCUT2D eigenvalue weighted by Crippen LogP contribution is -2.19. The molecule has 3 aromatic rings. The molecule has 1 aromatic heterocycles. The van der Waals surface area contributed by atoms with Crippen molar-refractivity contribution in [1.82, 2.24) is 15.0 Å². The molecule has 3 rings (SSSR count). The molecule has 0 saturated carbocycles. The maximum absolute atomic E-state index is 12.0. The Balaban J connectivity index is 1.56. The Hall–Kier alpha value is -3.00. The second kappa shape index (κ2) is 7.92. The van der Waals surface area contributed by atoms with E-state index < -0.39 is 0 Å². The Kier molecular flexibility index (Phi) is 5.43. The number of phenols is 1.